The Morgan fingerprint density at radius 3 is 2.40 bits per heavy atom. The molecule has 2 aliphatic rings. The third-order valence-electron chi connectivity index (χ3n) is 8.21. The third kappa shape index (κ3) is 7.95. The Hall–Kier alpha value is -2.84. The maximum absolute atomic E-state index is 14.7. The highest BCUT2D eigenvalue weighted by Gasteiger charge is 2.43. The van der Waals surface area contributed by atoms with Crippen LogP contribution in [0.2, 0.25) is 0 Å². The Labute approximate surface area is 246 Å². The van der Waals surface area contributed by atoms with Gasteiger partial charge in [-0.15, -0.1) is 0 Å². The molecule has 3 heterocycles. The van der Waals surface area contributed by atoms with Gasteiger partial charge >= 0.3 is 6.61 Å². The first kappa shape index (κ1) is 32.1. The topological polar surface area (TPSA) is 109 Å². The molecule has 14 heteroatoms. The Bertz CT molecular complexity index is 1340. The average Bonchev–Trinajstić information content (AvgIpc) is 3.11. The van der Waals surface area contributed by atoms with E-state index in [2.05, 4.69) is 60.2 Å². The summed E-state index contributed by atoms with van der Waals surface area (Å²) in [6.45, 7) is 6.16. The predicted molar refractivity (Wildman–Crippen MR) is 156 cm³/mol. The molecule has 234 valence electrons. The highest BCUT2D eigenvalue weighted by Crippen LogP contribution is 2.38. The molecule has 1 unspecified atom stereocenters. The van der Waals surface area contributed by atoms with Crippen LogP contribution in [0.1, 0.15) is 59.8 Å². The van der Waals surface area contributed by atoms with Crippen molar-refractivity contribution in [2.75, 3.05) is 37.0 Å². The highest BCUT2D eigenvalue weighted by molar-refractivity contribution is 7.88. The molecule has 0 amide bonds. The largest absolute Gasteiger partial charge is 0.486 e. The van der Waals surface area contributed by atoms with Gasteiger partial charge in [-0.3, -0.25) is 4.90 Å². The van der Waals surface area contributed by atoms with E-state index in [0.29, 0.717) is 31.5 Å². The second kappa shape index (κ2) is 12.4. The first-order valence-corrected chi connectivity index (χ1v) is 15.9. The van der Waals surface area contributed by atoms with Gasteiger partial charge in [-0.25, -0.2) is 22.1 Å². The molecule has 42 heavy (non-hydrogen) atoms. The van der Waals surface area contributed by atoms with Gasteiger partial charge < -0.3 is 20.1 Å². The number of alkyl halides is 2. The maximum atomic E-state index is 14.7. The lowest BCUT2D eigenvalue weighted by Gasteiger charge is -2.53. The van der Waals surface area contributed by atoms with E-state index in [1.165, 1.54) is 16.4 Å². The fourth-order valence-corrected chi connectivity index (χ4v) is 6.76. The Morgan fingerprint density at radius 1 is 1.07 bits per heavy atom. The van der Waals surface area contributed by atoms with E-state index in [4.69, 9.17) is 9.47 Å². The number of ether oxygens (including phenoxy) is 2. The minimum atomic E-state index is -3.33. The van der Waals surface area contributed by atoms with E-state index >= 15 is 0 Å². The molecule has 10 nitrogen and oxygen atoms in total. The fourth-order valence-electron chi connectivity index (χ4n) is 5.86. The zero-order chi connectivity index (χ0) is 30.9. The SMILES string of the molecule is CN1C(C)(C)CC(Nc2nc(Nc3ccc(OC4CCCN(S(C)(=O)=O)CC4)c(OC(F)F)c3)ncc2F)CC1(C)C. The first-order valence-electron chi connectivity index (χ1n) is 14.0. The molecule has 2 fully saturated rings. The lowest BCUT2D eigenvalue weighted by atomic mass is 9.77. The smallest absolute Gasteiger partial charge is 0.387 e. The molecular formula is C28H41F3N6O4S. The summed E-state index contributed by atoms with van der Waals surface area (Å²) in [5.74, 6) is -0.566. The molecule has 2 saturated heterocycles. The van der Waals surface area contributed by atoms with Crippen LogP contribution in [0.3, 0.4) is 0 Å². The van der Waals surface area contributed by atoms with E-state index in [-0.39, 0.29) is 53.0 Å². The predicted octanol–water partition coefficient (Wildman–Crippen LogP) is 5.22. The van der Waals surface area contributed by atoms with Crippen LogP contribution in [0.25, 0.3) is 0 Å². The van der Waals surface area contributed by atoms with Gasteiger partial charge in [0.15, 0.2) is 23.1 Å². The minimum absolute atomic E-state index is 0.0283. The van der Waals surface area contributed by atoms with Gasteiger partial charge in [0.25, 0.3) is 0 Å². The van der Waals surface area contributed by atoms with Crippen molar-refractivity contribution >= 4 is 27.5 Å². The molecule has 0 spiro atoms. The van der Waals surface area contributed by atoms with Crippen LogP contribution in [-0.4, -0.2) is 83.8 Å². The number of hydrogen-bond donors (Lipinski definition) is 2. The average molecular weight is 615 g/mol. The van der Waals surface area contributed by atoms with Crippen LogP contribution in [0.5, 0.6) is 11.5 Å². The van der Waals surface area contributed by atoms with Crippen LogP contribution in [-0.2, 0) is 10.0 Å². The number of anilines is 3. The quantitative estimate of drug-likeness (QED) is 0.393. The Kier molecular flexibility index (Phi) is 9.48. The van der Waals surface area contributed by atoms with Crippen molar-refractivity contribution in [1.29, 1.82) is 0 Å². The molecule has 0 aliphatic carbocycles. The van der Waals surface area contributed by atoms with Gasteiger partial charge in [0.1, 0.15) is 6.10 Å². The van der Waals surface area contributed by atoms with Crippen molar-refractivity contribution in [2.24, 2.45) is 0 Å². The Morgan fingerprint density at radius 2 is 1.76 bits per heavy atom. The number of piperidine rings is 1. The molecule has 0 saturated carbocycles. The molecule has 0 bridgehead atoms. The molecule has 1 aromatic carbocycles. The minimum Gasteiger partial charge on any atom is -0.486 e. The van der Waals surface area contributed by atoms with Gasteiger partial charge in [-0.2, -0.15) is 13.8 Å². The molecule has 0 radical (unpaired) electrons. The molecule has 1 aromatic heterocycles. The molecule has 2 N–H and O–H groups in total. The first-order chi connectivity index (χ1) is 19.5. The summed E-state index contributed by atoms with van der Waals surface area (Å²) in [6, 6.07) is 4.39. The summed E-state index contributed by atoms with van der Waals surface area (Å²) >= 11 is 0. The number of nitrogens with zero attached hydrogens (tertiary/aromatic N) is 4. The standard InChI is InChI=1S/C28H41F3N6O4S/c1-27(2)15-19(16-28(3,4)36(27)5)33-24-21(29)17-32-26(35-24)34-18-9-10-22(23(14-18)41-25(30)31)40-20-8-7-12-37(13-11-20)42(6,38)39/h9-10,14,17,19-20,25H,7-8,11-13,15-16H2,1-6H3,(H2,32,33,34,35). The van der Waals surface area contributed by atoms with Crippen molar-refractivity contribution in [1.82, 2.24) is 19.2 Å². The number of nitrogens with one attached hydrogen (secondary N) is 2. The van der Waals surface area contributed by atoms with Crippen LogP contribution < -0.4 is 20.1 Å². The molecular weight excluding hydrogens is 573 g/mol. The molecule has 2 aliphatic heterocycles. The summed E-state index contributed by atoms with van der Waals surface area (Å²) in [7, 11) is -1.24. The van der Waals surface area contributed by atoms with Crippen LogP contribution in [0.15, 0.2) is 24.4 Å². The van der Waals surface area contributed by atoms with Crippen molar-refractivity contribution < 1.29 is 31.1 Å². The van der Waals surface area contributed by atoms with E-state index < -0.39 is 22.5 Å². The van der Waals surface area contributed by atoms with Crippen LogP contribution in [0.4, 0.5) is 30.6 Å². The number of rotatable bonds is 9. The van der Waals surface area contributed by atoms with Gasteiger partial charge in [0.05, 0.1) is 12.5 Å². The summed E-state index contributed by atoms with van der Waals surface area (Å²) in [5.41, 5.74) is 0.110. The molecule has 2 aromatic rings. The highest BCUT2D eigenvalue weighted by atomic mass is 32.2. The molecule has 4 rings (SSSR count). The fraction of sp³-hybridized carbons (Fsp3) is 0.643. The number of sulfonamides is 1. The van der Waals surface area contributed by atoms with Crippen molar-refractivity contribution in [3.63, 3.8) is 0 Å². The summed E-state index contributed by atoms with van der Waals surface area (Å²) in [4.78, 5) is 10.7. The van der Waals surface area contributed by atoms with Crippen molar-refractivity contribution in [3.05, 3.63) is 30.2 Å². The van der Waals surface area contributed by atoms with E-state index in [1.807, 2.05) is 0 Å². The molecule has 1 atom stereocenters. The van der Waals surface area contributed by atoms with E-state index in [1.54, 1.807) is 6.07 Å². The summed E-state index contributed by atoms with van der Waals surface area (Å²) in [6.07, 6.45) is 4.95. The third-order valence-corrected chi connectivity index (χ3v) is 9.51. The number of benzene rings is 1. The summed E-state index contributed by atoms with van der Waals surface area (Å²) < 4.78 is 77.3. The maximum Gasteiger partial charge on any atom is 0.387 e. The van der Waals surface area contributed by atoms with Crippen molar-refractivity contribution in [2.45, 2.75) is 89.6 Å². The monoisotopic (exact) mass is 614 g/mol. The van der Waals surface area contributed by atoms with Gasteiger partial charge in [-0.1, -0.05) is 0 Å². The van der Waals surface area contributed by atoms with Gasteiger partial charge in [0.2, 0.25) is 16.0 Å². The normalized spacial score (nSPS) is 22.0. The zero-order valence-electron chi connectivity index (χ0n) is 25.0. The second-order valence-corrected chi connectivity index (χ2v) is 14.3. The number of aromatic nitrogens is 2. The van der Waals surface area contributed by atoms with Crippen LogP contribution in [0, 0.1) is 5.82 Å². The Balaban J connectivity index is 1.49. The lowest BCUT2D eigenvalue weighted by molar-refractivity contribution is -0.0521. The van der Waals surface area contributed by atoms with E-state index in [9.17, 15) is 21.6 Å². The van der Waals surface area contributed by atoms with E-state index in [0.717, 1.165) is 25.3 Å². The number of likely N-dealkylation sites (tertiary alicyclic amines) is 1. The number of hydrogen-bond acceptors (Lipinski definition) is 9. The second-order valence-electron chi connectivity index (χ2n) is 12.3. The van der Waals surface area contributed by atoms with Crippen molar-refractivity contribution in [3.8, 4) is 11.5 Å². The lowest BCUT2D eigenvalue weighted by Crippen LogP contribution is -2.61. The van der Waals surface area contributed by atoms with Crippen LogP contribution >= 0.6 is 0 Å². The van der Waals surface area contributed by atoms with Gasteiger partial charge in [0, 0.05) is 42.0 Å². The summed E-state index contributed by atoms with van der Waals surface area (Å²) in [5, 5.41) is 6.17. The zero-order valence-corrected chi connectivity index (χ0v) is 25.8. The number of halogens is 3. The van der Waals surface area contributed by atoms with Gasteiger partial charge in [-0.05, 0) is 79.0 Å².